The monoisotopic (exact) mass is 313 g/mol. The molecule has 0 radical (unpaired) electrons. The lowest BCUT2D eigenvalue weighted by Crippen LogP contribution is -2.43. The van der Waals surface area contributed by atoms with Crippen molar-refractivity contribution >= 4 is 11.4 Å². The van der Waals surface area contributed by atoms with Crippen molar-refractivity contribution in [2.75, 3.05) is 36.4 Å². The minimum Gasteiger partial charge on any atom is -0.381 e. The van der Waals surface area contributed by atoms with Gasteiger partial charge >= 0.3 is 0 Å². The summed E-state index contributed by atoms with van der Waals surface area (Å²) in [5, 5.41) is 14.3. The fraction of sp³-hybridized carbons (Fsp3) is 0.500. The molecule has 0 atom stereocenters. The number of aromatic amines is 1. The van der Waals surface area contributed by atoms with Crippen LogP contribution >= 0.6 is 0 Å². The molecule has 0 unspecified atom stereocenters. The number of hydrogen-bond acceptors (Lipinski definition) is 4. The third kappa shape index (κ3) is 3.85. The number of rotatable bonds is 4. The minimum absolute atomic E-state index is 0.0552. The molecular formula is C18H27N5. The summed E-state index contributed by atoms with van der Waals surface area (Å²) < 4.78 is 0. The van der Waals surface area contributed by atoms with Crippen LogP contribution in [0.25, 0.3) is 0 Å². The van der Waals surface area contributed by atoms with Gasteiger partial charge in [0.2, 0.25) is 0 Å². The van der Waals surface area contributed by atoms with E-state index in [1.54, 1.807) is 0 Å². The molecule has 5 nitrogen and oxygen atoms in total. The second kappa shape index (κ2) is 6.62. The maximum atomic E-state index is 4.41. The van der Waals surface area contributed by atoms with Gasteiger partial charge in [-0.2, -0.15) is 5.10 Å². The summed E-state index contributed by atoms with van der Waals surface area (Å²) >= 11 is 0. The Labute approximate surface area is 138 Å². The molecule has 1 aromatic carbocycles. The molecule has 0 amide bonds. The fourth-order valence-electron chi connectivity index (χ4n) is 3.03. The zero-order chi connectivity index (χ0) is 16.3. The van der Waals surface area contributed by atoms with E-state index >= 15 is 0 Å². The Morgan fingerprint density at radius 1 is 1.22 bits per heavy atom. The van der Waals surface area contributed by atoms with Crippen LogP contribution in [-0.2, 0) is 12.0 Å². The Hall–Kier alpha value is -2.01. The van der Waals surface area contributed by atoms with Crippen molar-refractivity contribution < 1.29 is 0 Å². The number of anilines is 2. The standard InChI is InChI=1S/C18H27N5/c1-18(2,3)17-14(13-21-22-17)12-20-15-5-4-6-16(11-15)23-9-7-19-8-10-23/h4-6,11,13,19-20H,7-10,12H2,1-3H3,(H,21,22). The molecular weight excluding hydrogens is 286 g/mol. The van der Waals surface area contributed by atoms with Crippen molar-refractivity contribution in [2.24, 2.45) is 0 Å². The molecule has 1 aliphatic rings. The molecule has 0 bridgehead atoms. The van der Waals surface area contributed by atoms with E-state index in [2.05, 4.69) is 70.8 Å². The SMILES string of the molecule is CC(C)(C)c1n[nH]cc1CNc1cccc(N2CCNCC2)c1. The lowest BCUT2D eigenvalue weighted by molar-refractivity contribution is 0.561. The lowest BCUT2D eigenvalue weighted by atomic mass is 9.89. The van der Waals surface area contributed by atoms with Crippen LogP contribution in [-0.4, -0.2) is 36.4 Å². The van der Waals surface area contributed by atoms with Gasteiger partial charge in [-0.3, -0.25) is 5.10 Å². The van der Waals surface area contributed by atoms with Crippen molar-refractivity contribution in [1.82, 2.24) is 15.5 Å². The van der Waals surface area contributed by atoms with E-state index in [1.807, 2.05) is 6.20 Å². The Bertz CT molecular complexity index is 635. The van der Waals surface area contributed by atoms with Gasteiger partial charge in [-0.15, -0.1) is 0 Å². The first kappa shape index (κ1) is 15.9. The zero-order valence-electron chi connectivity index (χ0n) is 14.3. The maximum Gasteiger partial charge on any atom is 0.0725 e. The van der Waals surface area contributed by atoms with Gasteiger partial charge < -0.3 is 15.5 Å². The molecule has 3 rings (SSSR count). The molecule has 124 valence electrons. The summed E-state index contributed by atoms with van der Waals surface area (Å²) in [5.41, 5.74) is 4.86. The third-order valence-corrected chi connectivity index (χ3v) is 4.24. The summed E-state index contributed by atoms with van der Waals surface area (Å²) in [5.74, 6) is 0. The Balaban J connectivity index is 1.68. The van der Waals surface area contributed by atoms with Gasteiger partial charge in [0.25, 0.3) is 0 Å². The second-order valence-electron chi connectivity index (χ2n) is 7.15. The average Bonchev–Trinajstić information content (AvgIpc) is 3.03. The van der Waals surface area contributed by atoms with Gasteiger partial charge in [0.05, 0.1) is 5.69 Å². The first-order chi connectivity index (χ1) is 11.0. The highest BCUT2D eigenvalue weighted by atomic mass is 15.2. The molecule has 1 aromatic heterocycles. The van der Waals surface area contributed by atoms with Crippen LogP contribution in [0, 0.1) is 0 Å². The molecule has 3 N–H and O–H groups in total. The summed E-state index contributed by atoms with van der Waals surface area (Å²) in [6, 6.07) is 8.68. The van der Waals surface area contributed by atoms with Crippen LogP contribution in [0.2, 0.25) is 0 Å². The topological polar surface area (TPSA) is 56.0 Å². The number of nitrogens with one attached hydrogen (secondary N) is 3. The van der Waals surface area contributed by atoms with E-state index in [9.17, 15) is 0 Å². The predicted molar refractivity (Wildman–Crippen MR) is 96.1 cm³/mol. The fourth-order valence-corrected chi connectivity index (χ4v) is 3.03. The van der Waals surface area contributed by atoms with Gasteiger partial charge in [-0.1, -0.05) is 26.8 Å². The van der Waals surface area contributed by atoms with E-state index < -0.39 is 0 Å². The van der Waals surface area contributed by atoms with Crippen LogP contribution in [0.3, 0.4) is 0 Å². The van der Waals surface area contributed by atoms with Crippen molar-refractivity contribution in [2.45, 2.75) is 32.7 Å². The number of benzene rings is 1. The van der Waals surface area contributed by atoms with Crippen molar-refractivity contribution in [3.63, 3.8) is 0 Å². The molecule has 23 heavy (non-hydrogen) atoms. The summed E-state index contributed by atoms with van der Waals surface area (Å²) in [4.78, 5) is 2.43. The molecule has 1 fully saturated rings. The van der Waals surface area contributed by atoms with Crippen LogP contribution in [0.15, 0.2) is 30.5 Å². The molecule has 2 aromatic rings. The summed E-state index contributed by atoms with van der Waals surface area (Å²) in [6.45, 7) is 11.6. The minimum atomic E-state index is 0.0552. The van der Waals surface area contributed by atoms with E-state index in [0.29, 0.717) is 0 Å². The highest BCUT2D eigenvalue weighted by Crippen LogP contribution is 2.25. The van der Waals surface area contributed by atoms with Crippen LogP contribution in [0.5, 0.6) is 0 Å². The first-order valence-electron chi connectivity index (χ1n) is 8.37. The molecule has 0 spiro atoms. The number of H-pyrrole nitrogens is 1. The Kier molecular flexibility index (Phi) is 4.57. The van der Waals surface area contributed by atoms with Crippen molar-refractivity contribution in [3.8, 4) is 0 Å². The number of nitrogens with zero attached hydrogens (tertiary/aromatic N) is 2. The van der Waals surface area contributed by atoms with Crippen LogP contribution in [0.1, 0.15) is 32.0 Å². The molecule has 0 aliphatic carbocycles. The normalized spacial score (nSPS) is 15.7. The van der Waals surface area contributed by atoms with Gasteiger partial charge in [0.1, 0.15) is 0 Å². The Morgan fingerprint density at radius 2 is 2.00 bits per heavy atom. The summed E-state index contributed by atoms with van der Waals surface area (Å²) in [7, 11) is 0. The van der Waals surface area contributed by atoms with Gasteiger partial charge in [0, 0.05) is 61.3 Å². The zero-order valence-corrected chi connectivity index (χ0v) is 14.3. The molecule has 5 heteroatoms. The van der Waals surface area contributed by atoms with Gasteiger partial charge in [0.15, 0.2) is 0 Å². The molecule has 1 saturated heterocycles. The molecule has 2 heterocycles. The molecule has 1 aliphatic heterocycles. The number of piperazine rings is 1. The maximum absolute atomic E-state index is 4.41. The Morgan fingerprint density at radius 3 is 2.74 bits per heavy atom. The third-order valence-electron chi connectivity index (χ3n) is 4.24. The first-order valence-corrected chi connectivity index (χ1v) is 8.37. The smallest absolute Gasteiger partial charge is 0.0725 e. The second-order valence-corrected chi connectivity index (χ2v) is 7.15. The average molecular weight is 313 g/mol. The predicted octanol–water partition coefficient (Wildman–Crippen LogP) is 2.73. The largest absolute Gasteiger partial charge is 0.381 e. The van der Waals surface area contributed by atoms with Gasteiger partial charge in [-0.25, -0.2) is 0 Å². The van der Waals surface area contributed by atoms with Crippen LogP contribution < -0.4 is 15.5 Å². The van der Waals surface area contributed by atoms with E-state index in [0.717, 1.165) is 44.1 Å². The van der Waals surface area contributed by atoms with Crippen molar-refractivity contribution in [1.29, 1.82) is 0 Å². The van der Waals surface area contributed by atoms with E-state index in [-0.39, 0.29) is 5.41 Å². The quantitative estimate of drug-likeness (QED) is 0.812. The van der Waals surface area contributed by atoms with Gasteiger partial charge in [-0.05, 0) is 18.2 Å². The highest BCUT2D eigenvalue weighted by Gasteiger charge is 2.20. The van der Waals surface area contributed by atoms with E-state index in [1.165, 1.54) is 11.3 Å². The summed E-state index contributed by atoms with van der Waals surface area (Å²) in [6.07, 6.45) is 1.99. The highest BCUT2D eigenvalue weighted by molar-refractivity contribution is 5.58. The number of hydrogen-bond donors (Lipinski definition) is 3. The molecule has 0 saturated carbocycles. The van der Waals surface area contributed by atoms with Crippen molar-refractivity contribution in [3.05, 3.63) is 41.7 Å². The van der Waals surface area contributed by atoms with E-state index in [4.69, 9.17) is 0 Å². The lowest BCUT2D eigenvalue weighted by Gasteiger charge is -2.29. The number of aromatic nitrogens is 2. The van der Waals surface area contributed by atoms with Crippen LogP contribution in [0.4, 0.5) is 11.4 Å².